The monoisotopic (exact) mass is 396 g/mol. The molecular formula is C21H21FN4O3. The Kier molecular flexibility index (Phi) is 5.02. The molecule has 3 heterocycles. The Morgan fingerprint density at radius 3 is 2.62 bits per heavy atom. The summed E-state index contributed by atoms with van der Waals surface area (Å²) in [7, 11) is 2.11. The van der Waals surface area contributed by atoms with Gasteiger partial charge in [0.1, 0.15) is 5.82 Å². The highest BCUT2D eigenvalue weighted by Crippen LogP contribution is 2.32. The van der Waals surface area contributed by atoms with Crippen molar-refractivity contribution in [2.24, 2.45) is 0 Å². The second-order valence-corrected chi connectivity index (χ2v) is 7.39. The van der Waals surface area contributed by atoms with Gasteiger partial charge in [-0.05, 0) is 48.9 Å². The Hall–Kier alpha value is -3.26. The Morgan fingerprint density at radius 2 is 1.97 bits per heavy atom. The van der Waals surface area contributed by atoms with E-state index in [9.17, 15) is 9.18 Å². The lowest BCUT2D eigenvalue weighted by Crippen LogP contribution is -2.47. The molecule has 2 bridgehead atoms. The number of nitrogens with zero attached hydrogens (tertiary/aromatic N) is 3. The molecule has 2 aliphatic rings. The van der Waals surface area contributed by atoms with Crippen LogP contribution in [-0.2, 0) is 4.79 Å². The summed E-state index contributed by atoms with van der Waals surface area (Å²) >= 11 is 0. The number of aromatic amines is 1. The minimum atomic E-state index is -0.275. The zero-order chi connectivity index (χ0) is 20.5. The second-order valence-electron chi connectivity index (χ2n) is 7.39. The number of likely N-dealkylation sites (N-methyl/N-ethyl adjacent to an activating group) is 1. The minimum absolute atomic E-state index is 0.0201. The van der Waals surface area contributed by atoms with Crippen molar-refractivity contribution in [1.82, 2.24) is 20.0 Å². The first kappa shape index (κ1) is 19.1. The number of carboxylic acid groups (broad SMARTS) is 1. The maximum absolute atomic E-state index is 13.6. The fourth-order valence-corrected chi connectivity index (χ4v) is 4.28. The van der Waals surface area contributed by atoms with Crippen molar-refractivity contribution < 1.29 is 19.1 Å². The summed E-state index contributed by atoms with van der Waals surface area (Å²) in [5.41, 5.74) is 2.92. The van der Waals surface area contributed by atoms with Gasteiger partial charge in [-0.1, -0.05) is 18.2 Å². The number of fused-ring (bicyclic) bond motifs is 3. The number of hydrogen-bond donors (Lipinski definition) is 2. The van der Waals surface area contributed by atoms with Crippen LogP contribution in [0, 0.1) is 5.82 Å². The normalized spacial score (nSPS) is 20.6. The molecular weight excluding hydrogens is 375 g/mol. The van der Waals surface area contributed by atoms with Gasteiger partial charge >= 0.3 is 0 Å². The lowest BCUT2D eigenvalue weighted by molar-refractivity contribution is -0.122. The highest BCUT2D eigenvalue weighted by Gasteiger charge is 2.44. The van der Waals surface area contributed by atoms with Gasteiger partial charge in [0.05, 0.1) is 5.52 Å². The number of carbonyl (C=O) groups excluding carboxylic acids is 1. The first-order chi connectivity index (χ1) is 14.0. The predicted molar refractivity (Wildman–Crippen MR) is 106 cm³/mol. The summed E-state index contributed by atoms with van der Waals surface area (Å²) in [6, 6.07) is 12.9. The average molecular weight is 396 g/mol. The van der Waals surface area contributed by atoms with E-state index in [4.69, 9.17) is 9.90 Å². The molecule has 0 saturated carbocycles. The molecule has 5 rings (SSSR count). The molecule has 0 unspecified atom stereocenters. The van der Waals surface area contributed by atoms with E-state index in [-0.39, 0.29) is 24.2 Å². The SMILES string of the molecule is CN1C[C@@H]2C[C@H]1CN2C(=O)c1n[nH]c2ccc(-c3cccc(F)c3)cc12.O=CO. The first-order valence-corrected chi connectivity index (χ1v) is 9.35. The van der Waals surface area contributed by atoms with Gasteiger partial charge in [0.15, 0.2) is 5.69 Å². The second kappa shape index (κ2) is 7.63. The number of carbonyl (C=O) groups is 2. The number of rotatable bonds is 2. The number of nitrogens with one attached hydrogen (secondary N) is 1. The van der Waals surface area contributed by atoms with Crippen LogP contribution in [0.25, 0.3) is 22.0 Å². The van der Waals surface area contributed by atoms with Crippen molar-refractivity contribution in [3.8, 4) is 11.1 Å². The number of amides is 1. The highest BCUT2D eigenvalue weighted by molar-refractivity contribution is 6.06. The molecule has 0 aliphatic carbocycles. The number of halogens is 1. The lowest BCUT2D eigenvalue weighted by atomic mass is 10.0. The van der Waals surface area contributed by atoms with Crippen molar-refractivity contribution in [1.29, 1.82) is 0 Å². The molecule has 150 valence electrons. The van der Waals surface area contributed by atoms with Crippen LogP contribution in [0.4, 0.5) is 4.39 Å². The number of aromatic nitrogens is 2. The molecule has 2 saturated heterocycles. The molecule has 2 fully saturated rings. The van der Waals surface area contributed by atoms with Crippen molar-refractivity contribution in [3.63, 3.8) is 0 Å². The third kappa shape index (κ3) is 3.47. The average Bonchev–Trinajstić information content (AvgIpc) is 3.41. The van der Waals surface area contributed by atoms with Crippen molar-refractivity contribution in [3.05, 3.63) is 54.0 Å². The van der Waals surface area contributed by atoms with Gasteiger partial charge in [0.2, 0.25) is 0 Å². The van der Waals surface area contributed by atoms with E-state index in [1.54, 1.807) is 6.07 Å². The Labute approximate surface area is 166 Å². The highest BCUT2D eigenvalue weighted by atomic mass is 19.1. The molecule has 2 aromatic carbocycles. The maximum Gasteiger partial charge on any atom is 0.290 e. The van der Waals surface area contributed by atoms with E-state index in [2.05, 4.69) is 22.1 Å². The van der Waals surface area contributed by atoms with E-state index in [1.165, 1.54) is 12.1 Å². The Balaban J connectivity index is 0.000000645. The Morgan fingerprint density at radius 1 is 1.21 bits per heavy atom. The number of piperazine rings is 1. The van der Waals surface area contributed by atoms with Gasteiger partial charge in [0.25, 0.3) is 12.4 Å². The molecule has 2 atom stereocenters. The number of H-pyrrole nitrogens is 1. The van der Waals surface area contributed by atoms with Crippen LogP contribution in [0.2, 0.25) is 0 Å². The smallest absolute Gasteiger partial charge is 0.290 e. The van der Waals surface area contributed by atoms with Gasteiger partial charge in [0, 0.05) is 30.6 Å². The Bertz CT molecular complexity index is 1070. The van der Waals surface area contributed by atoms with Gasteiger partial charge in [-0.2, -0.15) is 5.10 Å². The first-order valence-electron chi connectivity index (χ1n) is 9.35. The van der Waals surface area contributed by atoms with Crippen LogP contribution in [-0.4, -0.2) is 69.7 Å². The van der Waals surface area contributed by atoms with Crippen molar-refractivity contribution in [2.75, 3.05) is 20.1 Å². The summed E-state index contributed by atoms with van der Waals surface area (Å²) in [4.78, 5) is 25.7. The number of benzene rings is 2. The van der Waals surface area contributed by atoms with Gasteiger partial charge in [-0.25, -0.2) is 4.39 Å². The van der Waals surface area contributed by atoms with E-state index < -0.39 is 0 Å². The summed E-state index contributed by atoms with van der Waals surface area (Å²) < 4.78 is 13.6. The molecule has 29 heavy (non-hydrogen) atoms. The van der Waals surface area contributed by atoms with E-state index in [0.29, 0.717) is 11.7 Å². The predicted octanol–water partition coefficient (Wildman–Crippen LogP) is 2.60. The van der Waals surface area contributed by atoms with E-state index in [1.807, 2.05) is 29.2 Å². The molecule has 8 heteroatoms. The van der Waals surface area contributed by atoms with Crippen LogP contribution >= 0.6 is 0 Å². The molecule has 2 aliphatic heterocycles. The van der Waals surface area contributed by atoms with E-state index >= 15 is 0 Å². The van der Waals surface area contributed by atoms with Crippen LogP contribution in [0.5, 0.6) is 0 Å². The molecule has 1 aromatic heterocycles. The van der Waals surface area contributed by atoms with Crippen LogP contribution in [0.15, 0.2) is 42.5 Å². The fourth-order valence-electron chi connectivity index (χ4n) is 4.28. The van der Waals surface area contributed by atoms with Gasteiger partial charge in [-0.3, -0.25) is 19.6 Å². The summed E-state index contributed by atoms with van der Waals surface area (Å²) in [5.74, 6) is -0.295. The van der Waals surface area contributed by atoms with E-state index in [0.717, 1.165) is 41.5 Å². The molecule has 0 spiro atoms. The quantitative estimate of drug-likeness (QED) is 0.650. The van der Waals surface area contributed by atoms with Crippen molar-refractivity contribution in [2.45, 2.75) is 18.5 Å². The third-order valence-corrected chi connectivity index (χ3v) is 5.70. The standard InChI is InChI=1S/C20H19FN4O.CH2O2/c1-24-10-16-9-15(24)11-25(16)20(26)19-17-8-13(5-6-18(17)22-23-19)12-3-2-4-14(21)7-12;2-1-3/h2-8,15-16H,9-11H2,1H3,(H,22,23);1H,(H,2,3)/t15-,16-;/m0./s1. The molecule has 0 radical (unpaired) electrons. The van der Waals surface area contributed by atoms with Crippen molar-refractivity contribution >= 4 is 23.3 Å². The topological polar surface area (TPSA) is 89.5 Å². The fraction of sp³-hybridized carbons (Fsp3) is 0.286. The summed E-state index contributed by atoms with van der Waals surface area (Å²) in [5, 5.41) is 14.9. The van der Waals surface area contributed by atoms with Gasteiger partial charge < -0.3 is 10.0 Å². The molecule has 7 nitrogen and oxygen atoms in total. The number of likely N-dealkylation sites (tertiary alicyclic amines) is 2. The molecule has 1 amide bonds. The minimum Gasteiger partial charge on any atom is -0.483 e. The molecule has 2 N–H and O–H groups in total. The largest absolute Gasteiger partial charge is 0.483 e. The zero-order valence-electron chi connectivity index (χ0n) is 15.9. The van der Waals surface area contributed by atoms with Gasteiger partial charge in [-0.15, -0.1) is 0 Å². The zero-order valence-corrected chi connectivity index (χ0v) is 15.9. The third-order valence-electron chi connectivity index (χ3n) is 5.70. The molecule has 3 aromatic rings. The van der Waals surface area contributed by atoms with Crippen LogP contribution < -0.4 is 0 Å². The summed E-state index contributed by atoms with van der Waals surface area (Å²) in [6.07, 6.45) is 1.04. The van der Waals surface area contributed by atoms with Crippen LogP contribution in [0.1, 0.15) is 16.9 Å². The summed E-state index contributed by atoms with van der Waals surface area (Å²) in [6.45, 7) is 1.44. The lowest BCUT2D eigenvalue weighted by Gasteiger charge is -2.31. The maximum atomic E-state index is 13.6. The number of hydrogen-bond acceptors (Lipinski definition) is 4. The van der Waals surface area contributed by atoms with Crippen LogP contribution in [0.3, 0.4) is 0 Å².